The van der Waals surface area contributed by atoms with E-state index in [0.717, 1.165) is 6.42 Å². The molecule has 15 heavy (non-hydrogen) atoms. The van der Waals surface area contributed by atoms with Crippen LogP contribution in [-0.2, 0) is 18.2 Å². The summed E-state index contributed by atoms with van der Waals surface area (Å²) in [6.45, 7) is 1.99. The lowest BCUT2D eigenvalue weighted by molar-refractivity contribution is 0.100. The lowest BCUT2D eigenvalue weighted by atomic mass is 10.1. The van der Waals surface area contributed by atoms with Crippen LogP contribution < -0.4 is 11.3 Å². The second kappa shape index (κ2) is 5.74. The molecule has 1 heterocycles. The van der Waals surface area contributed by atoms with Gasteiger partial charge in [0.1, 0.15) is 0 Å². The topological polar surface area (TPSA) is 90.9 Å². The number of ether oxygens (including phenoxy) is 1. The lowest BCUT2D eigenvalue weighted by Gasteiger charge is -2.17. The number of nitrogens with one attached hydrogen (secondary N) is 1. The van der Waals surface area contributed by atoms with E-state index in [2.05, 4.69) is 20.8 Å². The molecule has 0 aliphatic rings. The average Bonchev–Trinajstić information content (AvgIpc) is 2.62. The van der Waals surface area contributed by atoms with Crippen LogP contribution in [0.1, 0.15) is 19.2 Å². The summed E-state index contributed by atoms with van der Waals surface area (Å²) in [6, 6.07) is 0.101. The Kier molecular flexibility index (Phi) is 4.60. The molecule has 0 radical (unpaired) electrons. The van der Waals surface area contributed by atoms with E-state index in [9.17, 15) is 0 Å². The van der Waals surface area contributed by atoms with Crippen LogP contribution in [0, 0.1) is 0 Å². The number of rotatable bonds is 6. The van der Waals surface area contributed by atoms with E-state index in [4.69, 9.17) is 10.6 Å². The third-order valence-corrected chi connectivity index (χ3v) is 2.23. The first kappa shape index (κ1) is 12.0. The summed E-state index contributed by atoms with van der Waals surface area (Å²) < 4.78 is 5.17. The van der Waals surface area contributed by atoms with Crippen LogP contribution in [0.4, 0.5) is 0 Å². The van der Waals surface area contributed by atoms with E-state index < -0.39 is 0 Å². The second-order valence-corrected chi connectivity index (χ2v) is 3.54. The van der Waals surface area contributed by atoms with Crippen LogP contribution in [0.15, 0.2) is 0 Å². The molecule has 7 heteroatoms. The monoisotopic (exact) mass is 214 g/mol. The van der Waals surface area contributed by atoms with E-state index in [1.807, 2.05) is 6.92 Å². The van der Waals surface area contributed by atoms with Crippen molar-refractivity contribution in [3.8, 4) is 0 Å². The normalized spacial score (nSPS) is 15.2. The fourth-order valence-electron chi connectivity index (χ4n) is 1.33. The van der Waals surface area contributed by atoms with Crippen molar-refractivity contribution in [2.45, 2.75) is 31.9 Å². The summed E-state index contributed by atoms with van der Waals surface area (Å²) >= 11 is 0. The minimum absolute atomic E-state index is 0.101. The van der Waals surface area contributed by atoms with Crippen molar-refractivity contribution >= 4 is 0 Å². The Morgan fingerprint density at radius 3 is 2.80 bits per heavy atom. The van der Waals surface area contributed by atoms with Crippen molar-refractivity contribution in [1.82, 2.24) is 25.6 Å². The van der Waals surface area contributed by atoms with Gasteiger partial charge in [-0.3, -0.25) is 11.3 Å². The van der Waals surface area contributed by atoms with Gasteiger partial charge < -0.3 is 4.74 Å². The Morgan fingerprint density at radius 2 is 2.33 bits per heavy atom. The third-order valence-electron chi connectivity index (χ3n) is 2.23. The number of methoxy groups -OCH3 is 1. The van der Waals surface area contributed by atoms with Crippen LogP contribution in [0.3, 0.4) is 0 Å². The molecule has 0 spiro atoms. The van der Waals surface area contributed by atoms with Gasteiger partial charge in [0, 0.05) is 19.6 Å². The molecule has 0 saturated carbocycles. The second-order valence-electron chi connectivity index (χ2n) is 3.54. The number of aromatic nitrogens is 4. The van der Waals surface area contributed by atoms with E-state index in [1.54, 1.807) is 14.2 Å². The number of aryl methyl sites for hydroxylation is 1. The lowest BCUT2D eigenvalue weighted by Crippen LogP contribution is -2.39. The number of hydrazine groups is 1. The highest BCUT2D eigenvalue weighted by atomic mass is 16.5. The number of tetrazole rings is 1. The molecule has 3 N–H and O–H groups in total. The standard InChI is InChI=1S/C8H18N6O/c1-6(15-3)4-7(10-9)5-8-11-13-14(2)12-8/h6-7,10H,4-5,9H2,1-3H3. The van der Waals surface area contributed by atoms with E-state index in [1.165, 1.54) is 4.80 Å². The van der Waals surface area contributed by atoms with Crippen LogP contribution in [0.5, 0.6) is 0 Å². The smallest absolute Gasteiger partial charge is 0.176 e. The molecular weight excluding hydrogens is 196 g/mol. The van der Waals surface area contributed by atoms with Gasteiger partial charge in [-0.25, -0.2) is 0 Å². The summed E-state index contributed by atoms with van der Waals surface area (Å²) in [5, 5.41) is 11.8. The zero-order valence-electron chi connectivity index (χ0n) is 9.34. The van der Waals surface area contributed by atoms with Crippen molar-refractivity contribution in [3.05, 3.63) is 5.82 Å². The Balaban J connectivity index is 2.46. The van der Waals surface area contributed by atoms with Crippen molar-refractivity contribution in [3.63, 3.8) is 0 Å². The molecule has 0 aliphatic carbocycles. The molecule has 2 atom stereocenters. The van der Waals surface area contributed by atoms with Crippen LogP contribution in [0.25, 0.3) is 0 Å². The molecule has 0 amide bonds. The first-order valence-electron chi connectivity index (χ1n) is 4.87. The highest BCUT2D eigenvalue weighted by molar-refractivity contribution is 4.84. The van der Waals surface area contributed by atoms with Crippen molar-refractivity contribution in [1.29, 1.82) is 0 Å². The number of hydrogen-bond acceptors (Lipinski definition) is 6. The molecule has 0 aromatic carbocycles. The van der Waals surface area contributed by atoms with Crippen molar-refractivity contribution in [2.75, 3.05) is 7.11 Å². The maximum atomic E-state index is 5.44. The highest BCUT2D eigenvalue weighted by Crippen LogP contribution is 2.04. The maximum Gasteiger partial charge on any atom is 0.176 e. The number of hydrogen-bond donors (Lipinski definition) is 2. The van der Waals surface area contributed by atoms with Crippen LogP contribution in [-0.4, -0.2) is 39.5 Å². The Morgan fingerprint density at radius 1 is 1.60 bits per heavy atom. The maximum absolute atomic E-state index is 5.44. The van der Waals surface area contributed by atoms with E-state index >= 15 is 0 Å². The summed E-state index contributed by atoms with van der Waals surface area (Å²) in [7, 11) is 3.41. The molecule has 0 bridgehead atoms. The Bertz CT molecular complexity index is 288. The quantitative estimate of drug-likeness (QED) is 0.466. The van der Waals surface area contributed by atoms with Gasteiger partial charge in [0.15, 0.2) is 5.82 Å². The van der Waals surface area contributed by atoms with Gasteiger partial charge in [0.25, 0.3) is 0 Å². The first-order chi connectivity index (χ1) is 7.15. The molecular formula is C8H18N6O. The molecule has 0 saturated heterocycles. The molecule has 86 valence electrons. The van der Waals surface area contributed by atoms with Gasteiger partial charge in [-0.2, -0.15) is 4.80 Å². The van der Waals surface area contributed by atoms with Gasteiger partial charge in [-0.1, -0.05) is 0 Å². The van der Waals surface area contributed by atoms with Crippen molar-refractivity contribution < 1.29 is 4.74 Å². The van der Waals surface area contributed by atoms with Crippen LogP contribution in [0.2, 0.25) is 0 Å². The Labute approximate surface area is 88.9 Å². The summed E-state index contributed by atoms with van der Waals surface area (Å²) in [5.41, 5.74) is 2.73. The first-order valence-corrected chi connectivity index (χ1v) is 4.87. The van der Waals surface area contributed by atoms with E-state index in [0.29, 0.717) is 12.2 Å². The van der Waals surface area contributed by atoms with Gasteiger partial charge >= 0.3 is 0 Å². The minimum Gasteiger partial charge on any atom is -0.382 e. The molecule has 1 aromatic heterocycles. The van der Waals surface area contributed by atoms with Crippen LogP contribution >= 0.6 is 0 Å². The molecule has 0 fully saturated rings. The zero-order valence-corrected chi connectivity index (χ0v) is 9.34. The van der Waals surface area contributed by atoms with Gasteiger partial charge in [-0.05, 0) is 18.6 Å². The predicted octanol–water partition coefficient (Wildman–Crippen LogP) is -0.990. The summed E-state index contributed by atoms with van der Waals surface area (Å²) in [4.78, 5) is 1.43. The molecule has 1 aromatic rings. The molecule has 7 nitrogen and oxygen atoms in total. The van der Waals surface area contributed by atoms with Gasteiger partial charge in [0.05, 0.1) is 13.2 Å². The average molecular weight is 214 g/mol. The minimum atomic E-state index is 0.101. The number of nitrogens with zero attached hydrogens (tertiary/aromatic N) is 4. The molecule has 1 rings (SSSR count). The third kappa shape index (κ3) is 3.90. The summed E-state index contributed by atoms with van der Waals surface area (Å²) in [6.07, 6.45) is 1.62. The van der Waals surface area contributed by atoms with Gasteiger partial charge in [0.2, 0.25) is 0 Å². The number of nitrogens with two attached hydrogens (primary N) is 1. The summed E-state index contributed by atoms with van der Waals surface area (Å²) in [5.74, 6) is 6.13. The Hall–Kier alpha value is -1.05. The fraction of sp³-hybridized carbons (Fsp3) is 0.875. The predicted molar refractivity (Wildman–Crippen MR) is 54.7 cm³/mol. The highest BCUT2D eigenvalue weighted by Gasteiger charge is 2.14. The SMILES string of the molecule is COC(C)CC(Cc1nnn(C)n1)NN. The molecule has 0 aliphatic heterocycles. The zero-order chi connectivity index (χ0) is 11.3. The molecule has 2 unspecified atom stereocenters. The van der Waals surface area contributed by atoms with Gasteiger partial charge in [-0.15, -0.1) is 10.2 Å². The van der Waals surface area contributed by atoms with E-state index in [-0.39, 0.29) is 12.1 Å². The van der Waals surface area contributed by atoms with Crippen molar-refractivity contribution in [2.24, 2.45) is 12.9 Å². The fourth-order valence-corrected chi connectivity index (χ4v) is 1.33. The largest absolute Gasteiger partial charge is 0.382 e.